The van der Waals surface area contributed by atoms with Gasteiger partial charge in [0.1, 0.15) is 0 Å². The van der Waals surface area contributed by atoms with E-state index in [4.69, 9.17) is 0 Å². The molecule has 12 aromatic rings. The van der Waals surface area contributed by atoms with Crippen molar-refractivity contribution in [2.45, 2.75) is 161 Å². The maximum absolute atomic E-state index is 2.48. The summed E-state index contributed by atoms with van der Waals surface area (Å²) >= 11 is 0. The molecule has 0 N–H and O–H groups in total. The van der Waals surface area contributed by atoms with E-state index < -0.39 is 0 Å². The minimum Gasteiger partial charge on any atom is -0.0851 e. The van der Waals surface area contributed by atoms with Gasteiger partial charge in [-0.2, -0.15) is 0 Å². The predicted octanol–water partition coefficient (Wildman–Crippen LogP) is 33.2. The first-order valence-electron chi connectivity index (χ1n) is 49.7. The molecule has 6 fully saturated rings. The Morgan fingerprint density at radius 2 is 0.433 bits per heavy atom. The Balaban J connectivity index is 0.0000000994. The summed E-state index contributed by atoms with van der Waals surface area (Å²) in [6.07, 6.45) is 61.8. The van der Waals surface area contributed by atoms with Gasteiger partial charge in [0.05, 0.1) is 0 Å². The van der Waals surface area contributed by atoms with Crippen LogP contribution in [0.25, 0.3) is 66.8 Å². The van der Waals surface area contributed by atoms with Crippen LogP contribution in [0.2, 0.25) is 0 Å². The second-order valence-electron chi connectivity index (χ2n) is 40.1. The quantitative estimate of drug-likeness (QED) is 0.0529. The fourth-order valence-electron chi connectivity index (χ4n) is 24.8. The smallest absolute Gasteiger partial charge is 0.0152 e. The zero-order valence-corrected chi connectivity index (χ0v) is 75.4. The maximum atomic E-state index is 2.48. The molecule has 642 valence electrons. The van der Waals surface area contributed by atoms with Crippen LogP contribution in [0.1, 0.15) is 155 Å². The first-order valence-corrected chi connectivity index (χ1v) is 49.7. The van der Waals surface area contributed by atoms with Crippen molar-refractivity contribution in [3.05, 3.63) is 433 Å². The van der Waals surface area contributed by atoms with Crippen molar-refractivity contribution in [1.29, 1.82) is 0 Å². The Hall–Kier alpha value is -10.9. The third-order valence-corrected chi connectivity index (χ3v) is 31.9. The Labute approximate surface area is 762 Å². The van der Waals surface area contributed by atoms with Gasteiger partial charge in [0, 0.05) is 0 Å². The Morgan fingerprint density at radius 3 is 0.756 bits per heavy atom. The highest BCUT2D eigenvalue weighted by Crippen LogP contribution is 2.51. The summed E-state index contributed by atoms with van der Waals surface area (Å²) in [5, 5.41) is 0. The van der Waals surface area contributed by atoms with Gasteiger partial charge in [-0.1, -0.05) is 401 Å². The molecular weight excluding hydrogens is 1530 g/mol. The molecule has 0 aliphatic heterocycles. The van der Waals surface area contributed by atoms with E-state index >= 15 is 0 Å². The van der Waals surface area contributed by atoms with E-state index in [1.54, 1.807) is 0 Å². The van der Waals surface area contributed by atoms with Crippen LogP contribution in [-0.4, -0.2) is 0 Å². The van der Waals surface area contributed by atoms with Crippen molar-refractivity contribution >= 4 is 0 Å². The van der Waals surface area contributed by atoms with Gasteiger partial charge in [-0.25, -0.2) is 0 Å². The molecule has 18 unspecified atom stereocenters. The van der Waals surface area contributed by atoms with E-state index in [9.17, 15) is 0 Å². The highest BCUT2D eigenvalue weighted by Gasteiger charge is 2.40. The SMILES string of the molecule is C1=CC2CC1CC2CCCc1ccc(-c2ccccc2)cc1.C1=CC2CC1CC2CCc1ccc(-c2ccccc2)cc1.C1=CC2CC1CC2CCc1ccccc1-c1ccccc1.C1=CC2CC1CC2Cc1ccc(-c2ccccc2)cc1.C1=CC2CC1CC2Cc1ccccc1-c1ccccc1.CCc1ccc(-c2ccc(CCC3CC4C=CC3C4)cc2)cc1. The third kappa shape index (κ3) is 22.1. The topological polar surface area (TPSA) is 0 Å². The lowest BCUT2D eigenvalue weighted by molar-refractivity contribution is 0.404. The predicted molar refractivity (Wildman–Crippen MR) is 539 cm³/mol. The minimum atomic E-state index is 0.837. The van der Waals surface area contributed by atoms with Gasteiger partial charge in [0.15, 0.2) is 0 Å². The molecule has 127 heavy (non-hydrogen) atoms. The van der Waals surface area contributed by atoms with Crippen LogP contribution in [-0.2, 0) is 44.9 Å². The Bertz CT molecular complexity index is 5630. The van der Waals surface area contributed by atoms with Crippen LogP contribution in [0.5, 0.6) is 0 Å². The van der Waals surface area contributed by atoms with Crippen molar-refractivity contribution < 1.29 is 0 Å². The normalized spacial score (nSPS) is 26.3. The molecule has 0 aromatic heterocycles. The van der Waals surface area contributed by atoms with Crippen LogP contribution in [0, 0.1) is 107 Å². The number of benzene rings is 12. The Morgan fingerprint density at radius 1 is 0.181 bits per heavy atom. The summed E-state index contributed by atoms with van der Waals surface area (Å²) in [4.78, 5) is 0. The van der Waals surface area contributed by atoms with Gasteiger partial charge in [-0.15, -0.1) is 0 Å². The molecule has 12 aromatic carbocycles. The molecule has 18 atom stereocenters. The molecule has 0 nitrogen and oxygen atoms in total. The van der Waals surface area contributed by atoms with Crippen molar-refractivity contribution in [3.63, 3.8) is 0 Å². The van der Waals surface area contributed by atoms with Gasteiger partial charge in [-0.05, 0) is 366 Å². The molecule has 0 spiro atoms. The molecule has 12 aliphatic carbocycles. The van der Waals surface area contributed by atoms with Crippen LogP contribution < -0.4 is 0 Å². The van der Waals surface area contributed by atoms with Crippen LogP contribution in [0.3, 0.4) is 0 Å². The molecule has 6 saturated carbocycles. The average molecular weight is 1660 g/mol. The minimum absolute atomic E-state index is 0.837. The maximum Gasteiger partial charge on any atom is -0.0152 e. The summed E-state index contributed by atoms with van der Waals surface area (Å²) in [5.41, 5.74) is 26.5. The van der Waals surface area contributed by atoms with E-state index in [2.05, 4.69) is 401 Å². The number of fused-ring (bicyclic) bond motifs is 12. The van der Waals surface area contributed by atoms with Gasteiger partial charge < -0.3 is 0 Å². The molecule has 0 heteroatoms. The first kappa shape index (κ1) is 85.5. The third-order valence-electron chi connectivity index (χ3n) is 31.9. The number of allylic oxidation sites excluding steroid dienone is 12. The zero-order valence-electron chi connectivity index (χ0n) is 75.4. The van der Waals surface area contributed by atoms with E-state index in [1.807, 2.05) is 0 Å². The first-order chi connectivity index (χ1) is 62.8. The zero-order chi connectivity index (χ0) is 85.3. The van der Waals surface area contributed by atoms with Gasteiger partial charge in [0.25, 0.3) is 0 Å². The summed E-state index contributed by atoms with van der Waals surface area (Å²) < 4.78 is 0. The molecule has 0 heterocycles. The lowest BCUT2D eigenvalue weighted by Gasteiger charge is -2.20. The van der Waals surface area contributed by atoms with E-state index in [0.29, 0.717) is 0 Å². The molecule has 12 aliphatic rings. The fourth-order valence-corrected chi connectivity index (χ4v) is 24.8. The van der Waals surface area contributed by atoms with Crippen LogP contribution >= 0.6 is 0 Å². The molecule has 12 bridgehead atoms. The van der Waals surface area contributed by atoms with Crippen molar-refractivity contribution in [2.75, 3.05) is 0 Å². The second-order valence-corrected chi connectivity index (χ2v) is 40.1. The van der Waals surface area contributed by atoms with Crippen molar-refractivity contribution in [1.82, 2.24) is 0 Å². The summed E-state index contributed by atoms with van der Waals surface area (Å²) in [6, 6.07) is 117. The largest absolute Gasteiger partial charge is 0.0851 e. The van der Waals surface area contributed by atoms with Gasteiger partial charge in [0.2, 0.25) is 0 Å². The summed E-state index contributed by atoms with van der Waals surface area (Å²) in [5.74, 6) is 16.1. The van der Waals surface area contributed by atoms with E-state index in [1.165, 1.54) is 253 Å². The standard InChI is InChI=1S/C23H26.C22H24.2C21H22.2C20H20/c1-2-17-3-9-20(10-4-17)21-11-5-18(6-12-21)7-13-22-15-19-8-14-23(22)16-19;1-2-6-19(7-3-1)20-12-9-17(10-13-20)5-4-8-21-15-18-11-14-22(21)16-18;1-2-6-17(7-3-1)21-9-5-4-8-18(21)12-13-20-15-16-10-11-19(20)14-16;1-2-4-18(5-3-1)19-10-6-16(7-11-19)8-12-20-14-17-9-13-21(20)15-17;1-2-6-16(7-3-1)20-9-5-4-8-18(20)14-19-13-15-10-11-17(19)12-15;1-2-4-17(5-3-1)18-9-6-15(7-10-18)12-20-14-16-8-11-19(20)13-16/h3-6,8-12,14,19,22-23H,2,7,13,15-16H2,1H3;1-3,6-7,9-14,18,21-22H,4-5,8,15-16H2;1-11,16,19-20H,12-15H2;1-7,9-11,13,17,20-21H,8,12,14-15H2;1-11,15,17,19H,12-14H2;1-11,16,19-20H,12-14H2. The Kier molecular flexibility index (Phi) is 28.2. The molecule has 0 amide bonds. The molecule has 24 rings (SSSR count). The highest BCUT2D eigenvalue weighted by atomic mass is 14.5. The summed E-state index contributed by atoms with van der Waals surface area (Å²) in [6.45, 7) is 2.20. The number of hydrogen-bond donors (Lipinski definition) is 0. The number of hydrogen-bond acceptors (Lipinski definition) is 0. The van der Waals surface area contributed by atoms with E-state index in [-0.39, 0.29) is 0 Å². The average Bonchev–Trinajstić information content (AvgIpc) is 1.71. The second kappa shape index (κ2) is 41.9. The fraction of sp³-hybridized carbons (Fsp3) is 0.339. The van der Waals surface area contributed by atoms with Crippen molar-refractivity contribution in [3.8, 4) is 66.8 Å². The van der Waals surface area contributed by atoms with Gasteiger partial charge in [-0.3, -0.25) is 0 Å². The molecule has 0 radical (unpaired) electrons. The van der Waals surface area contributed by atoms with Crippen molar-refractivity contribution in [2.24, 2.45) is 107 Å². The monoisotopic (exact) mass is 1660 g/mol. The van der Waals surface area contributed by atoms with E-state index in [0.717, 1.165) is 113 Å². The molecular formula is C127H134. The van der Waals surface area contributed by atoms with Crippen LogP contribution in [0.15, 0.2) is 394 Å². The highest BCUT2D eigenvalue weighted by molar-refractivity contribution is 5.70. The van der Waals surface area contributed by atoms with Crippen LogP contribution in [0.4, 0.5) is 0 Å². The number of rotatable bonds is 24. The van der Waals surface area contributed by atoms with Gasteiger partial charge >= 0.3 is 0 Å². The molecule has 0 saturated heterocycles. The number of aryl methyl sites for hydroxylation is 5. The lowest BCUT2D eigenvalue weighted by atomic mass is 9.85. The summed E-state index contributed by atoms with van der Waals surface area (Å²) in [7, 11) is 0. The lowest BCUT2D eigenvalue weighted by Crippen LogP contribution is -2.10.